The van der Waals surface area contributed by atoms with Crippen LogP contribution >= 0.6 is 0 Å². The molecule has 4 heteroatoms. The van der Waals surface area contributed by atoms with Crippen molar-refractivity contribution in [3.8, 4) is 0 Å². The molecule has 1 aromatic carbocycles. The van der Waals surface area contributed by atoms with Crippen molar-refractivity contribution in [1.29, 1.82) is 0 Å². The van der Waals surface area contributed by atoms with Crippen molar-refractivity contribution >= 4 is 5.97 Å². The summed E-state index contributed by atoms with van der Waals surface area (Å²) in [5.41, 5.74) is 1.18. The molecule has 1 aromatic rings. The molecule has 0 saturated carbocycles. The van der Waals surface area contributed by atoms with Crippen molar-refractivity contribution in [2.75, 3.05) is 13.6 Å². The first-order valence-electron chi connectivity index (χ1n) is 5.47. The van der Waals surface area contributed by atoms with Gasteiger partial charge in [-0.1, -0.05) is 18.2 Å². The fraction of sp³-hybridized carbons (Fsp3) is 0.308. The van der Waals surface area contributed by atoms with Crippen LogP contribution in [0.15, 0.2) is 35.9 Å². The lowest BCUT2D eigenvalue weighted by Gasteiger charge is -2.30. The van der Waals surface area contributed by atoms with E-state index in [1.807, 2.05) is 18.0 Å². The number of benzene rings is 1. The Morgan fingerprint density at radius 2 is 2.29 bits per heavy atom. The number of nitrogens with zero attached hydrogens (tertiary/aromatic N) is 1. The normalized spacial score (nSPS) is 21.1. The van der Waals surface area contributed by atoms with Gasteiger partial charge < -0.3 is 5.11 Å². The molecule has 1 aliphatic rings. The fourth-order valence-electron chi connectivity index (χ4n) is 2.06. The van der Waals surface area contributed by atoms with E-state index in [0.29, 0.717) is 18.5 Å². The molecule has 0 saturated heterocycles. The second-order valence-electron chi connectivity index (χ2n) is 4.23. The lowest BCUT2D eigenvalue weighted by atomic mass is 9.97. The number of likely N-dealkylation sites (N-methyl/N-ethyl adjacent to an activating group) is 1. The number of halogens is 1. The summed E-state index contributed by atoms with van der Waals surface area (Å²) in [6, 6.07) is 6.12. The summed E-state index contributed by atoms with van der Waals surface area (Å²) in [6.45, 7) is 0.666. The van der Waals surface area contributed by atoms with Crippen molar-refractivity contribution in [2.24, 2.45) is 0 Å². The molecule has 1 unspecified atom stereocenters. The summed E-state index contributed by atoms with van der Waals surface area (Å²) in [4.78, 5) is 13.0. The Balaban J connectivity index is 2.35. The molecule has 0 amide bonds. The van der Waals surface area contributed by atoms with Crippen LogP contribution in [-0.2, 0) is 4.79 Å². The monoisotopic (exact) mass is 235 g/mol. The van der Waals surface area contributed by atoms with Gasteiger partial charge in [0.2, 0.25) is 0 Å². The highest BCUT2D eigenvalue weighted by Crippen LogP contribution is 2.28. The summed E-state index contributed by atoms with van der Waals surface area (Å²) in [6.07, 6.45) is 2.22. The van der Waals surface area contributed by atoms with Gasteiger partial charge in [0.05, 0.1) is 6.04 Å². The Kier molecular flexibility index (Phi) is 3.24. The minimum absolute atomic E-state index is 0.162. The predicted molar refractivity (Wildman–Crippen MR) is 62.1 cm³/mol. The van der Waals surface area contributed by atoms with Gasteiger partial charge in [0.15, 0.2) is 0 Å². The third kappa shape index (κ3) is 2.53. The average Bonchev–Trinajstić information content (AvgIpc) is 2.29. The Labute approximate surface area is 99.2 Å². The minimum Gasteiger partial charge on any atom is -0.478 e. The molecule has 17 heavy (non-hydrogen) atoms. The highest BCUT2D eigenvalue weighted by molar-refractivity contribution is 5.86. The molecule has 3 nitrogen and oxygen atoms in total. The third-order valence-electron chi connectivity index (χ3n) is 3.03. The number of hydrogen-bond donors (Lipinski definition) is 1. The van der Waals surface area contributed by atoms with Crippen molar-refractivity contribution in [1.82, 2.24) is 4.90 Å². The smallest absolute Gasteiger partial charge is 0.331 e. The molecule has 1 N–H and O–H groups in total. The van der Waals surface area contributed by atoms with E-state index in [-0.39, 0.29) is 11.9 Å². The van der Waals surface area contributed by atoms with Crippen LogP contribution in [-0.4, -0.2) is 29.6 Å². The zero-order valence-corrected chi connectivity index (χ0v) is 9.56. The van der Waals surface area contributed by atoms with E-state index in [4.69, 9.17) is 5.11 Å². The molecule has 0 bridgehead atoms. The molecule has 90 valence electrons. The van der Waals surface area contributed by atoms with Crippen LogP contribution in [0.5, 0.6) is 0 Å². The van der Waals surface area contributed by atoms with Gasteiger partial charge in [-0.2, -0.15) is 0 Å². The lowest BCUT2D eigenvalue weighted by molar-refractivity contribution is -0.133. The van der Waals surface area contributed by atoms with Crippen molar-refractivity contribution < 1.29 is 14.3 Å². The molecular formula is C13H14FNO2. The molecule has 0 fully saturated rings. The van der Waals surface area contributed by atoms with E-state index in [0.717, 1.165) is 5.56 Å². The van der Waals surface area contributed by atoms with Crippen molar-refractivity contribution in [3.05, 3.63) is 47.3 Å². The molecular weight excluding hydrogens is 221 g/mol. The Morgan fingerprint density at radius 1 is 1.53 bits per heavy atom. The van der Waals surface area contributed by atoms with E-state index in [1.54, 1.807) is 12.1 Å². The maximum Gasteiger partial charge on any atom is 0.331 e. The van der Waals surface area contributed by atoms with Crippen LogP contribution in [0, 0.1) is 5.82 Å². The average molecular weight is 235 g/mol. The Morgan fingerprint density at radius 3 is 2.94 bits per heavy atom. The van der Waals surface area contributed by atoms with Crippen molar-refractivity contribution in [2.45, 2.75) is 12.5 Å². The van der Waals surface area contributed by atoms with Crippen LogP contribution in [0.2, 0.25) is 0 Å². The van der Waals surface area contributed by atoms with Gasteiger partial charge in [-0.15, -0.1) is 0 Å². The number of rotatable bonds is 2. The number of carboxylic acid groups (broad SMARTS) is 1. The molecule has 1 atom stereocenters. The zero-order chi connectivity index (χ0) is 12.4. The first-order chi connectivity index (χ1) is 8.08. The van der Waals surface area contributed by atoms with Crippen LogP contribution < -0.4 is 0 Å². The standard InChI is InChI=1S/C13H14FNO2/c1-15-6-5-10(13(16)17)8-12(15)9-3-2-4-11(14)7-9/h2-4,7-8,12H,5-6H2,1H3,(H,16,17). The van der Waals surface area contributed by atoms with Gasteiger partial charge in [0.25, 0.3) is 0 Å². The summed E-state index contributed by atoms with van der Waals surface area (Å²) in [7, 11) is 1.91. The van der Waals surface area contributed by atoms with E-state index in [2.05, 4.69) is 0 Å². The summed E-state index contributed by atoms with van der Waals surface area (Å²) in [5.74, 6) is -1.19. The summed E-state index contributed by atoms with van der Waals surface area (Å²) in [5, 5.41) is 8.98. The van der Waals surface area contributed by atoms with Crippen LogP contribution in [0.25, 0.3) is 0 Å². The minimum atomic E-state index is -0.889. The number of carbonyl (C=O) groups is 1. The van der Waals surface area contributed by atoms with Crippen LogP contribution in [0.4, 0.5) is 4.39 Å². The molecule has 2 rings (SSSR count). The van der Waals surface area contributed by atoms with Gasteiger partial charge in [-0.3, -0.25) is 4.90 Å². The quantitative estimate of drug-likeness (QED) is 0.854. The van der Waals surface area contributed by atoms with E-state index in [1.165, 1.54) is 12.1 Å². The highest BCUT2D eigenvalue weighted by Gasteiger charge is 2.23. The number of carboxylic acids is 1. The van der Waals surface area contributed by atoms with E-state index in [9.17, 15) is 9.18 Å². The zero-order valence-electron chi connectivity index (χ0n) is 9.56. The summed E-state index contributed by atoms with van der Waals surface area (Å²) < 4.78 is 13.1. The molecule has 1 aliphatic heterocycles. The predicted octanol–water partition coefficient (Wildman–Crippen LogP) is 2.21. The Hall–Kier alpha value is -1.68. The van der Waals surface area contributed by atoms with Gasteiger partial charge >= 0.3 is 5.97 Å². The SMILES string of the molecule is CN1CCC(C(=O)O)=CC1c1cccc(F)c1. The molecule has 1 heterocycles. The van der Waals surface area contributed by atoms with Crippen molar-refractivity contribution in [3.63, 3.8) is 0 Å². The van der Waals surface area contributed by atoms with Gasteiger partial charge in [-0.05, 0) is 31.2 Å². The first-order valence-corrected chi connectivity index (χ1v) is 5.47. The van der Waals surface area contributed by atoms with Gasteiger partial charge in [0.1, 0.15) is 5.82 Å². The molecule has 0 aliphatic carbocycles. The lowest BCUT2D eigenvalue weighted by Crippen LogP contribution is -2.30. The number of aliphatic carboxylic acids is 1. The Bertz CT molecular complexity index is 470. The largest absolute Gasteiger partial charge is 0.478 e. The molecule has 0 spiro atoms. The molecule has 0 aromatic heterocycles. The highest BCUT2D eigenvalue weighted by atomic mass is 19.1. The third-order valence-corrected chi connectivity index (χ3v) is 3.03. The fourth-order valence-corrected chi connectivity index (χ4v) is 2.06. The second-order valence-corrected chi connectivity index (χ2v) is 4.23. The van der Waals surface area contributed by atoms with Crippen LogP contribution in [0.1, 0.15) is 18.0 Å². The molecule has 0 radical (unpaired) electrons. The topological polar surface area (TPSA) is 40.5 Å². The maximum absolute atomic E-state index is 13.1. The second kappa shape index (κ2) is 4.67. The summed E-state index contributed by atoms with van der Waals surface area (Å²) >= 11 is 0. The van der Waals surface area contributed by atoms with E-state index < -0.39 is 5.97 Å². The van der Waals surface area contributed by atoms with E-state index >= 15 is 0 Å². The van der Waals surface area contributed by atoms with Gasteiger partial charge in [-0.25, -0.2) is 9.18 Å². The maximum atomic E-state index is 13.1. The van der Waals surface area contributed by atoms with Gasteiger partial charge in [0, 0.05) is 12.1 Å². The first kappa shape index (κ1) is 11.8. The number of hydrogen-bond acceptors (Lipinski definition) is 2. The van der Waals surface area contributed by atoms with Crippen LogP contribution in [0.3, 0.4) is 0 Å².